The SMILES string of the molecule is CCOC(=O)c1c(NC(=O)CSc2nc(O)cc(=O)[nH]2)sc2c1CCCCC2. The minimum atomic E-state index is -0.498. The first-order valence-electron chi connectivity index (χ1n) is 9.02. The third-order valence-corrected chi connectivity index (χ3v) is 6.28. The fourth-order valence-corrected chi connectivity index (χ4v) is 5.00. The van der Waals surface area contributed by atoms with E-state index in [4.69, 9.17) is 4.74 Å². The van der Waals surface area contributed by atoms with Gasteiger partial charge in [0.15, 0.2) is 5.16 Å². The predicted molar refractivity (Wildman–Crippen MR) is 107 cm³/mol. The van der Waals surface area contributed by atoms with E-state index in [0.29, 0.717) is 10.6 Å². The topological polar surface area (TPSA) is 121 Å². The molecule has 0 atom stereocenters. The van der Waals surface area contributed by atoms with Gasteiger partial charge >= 0.3 is 5.97 Å². The molecule has 0 saturated heterocycles. The van der Waals surface area contributed by atoms with Gasteiger partial charge in [0, 0.05) is 4.88 Å². The van der Waals surface area contributed by atoms with Gasteiger partial charge in [0.25, 0.3) is 5.56 Å². The van der Waals surface area contributed by atoms with Crippen molar-refractivity contribution in [2.75, 3.05) is 17.7 Å². The molecule has 0 unspecified atom stereocenters. The molecule has 1 aliphatic rings. The van der Waals surface area contributed by atoms with Crippen LogP contribution in [0.3, 0.4) is 0 Å². The number of ether oxygens (including phenoxy) is 1. The van der Waals surface area contributed by atoms with Gasteiger partial charge in [-0.2, -0.15) is 4.98 Å². The fourth-order valence-electron chi connectivity index (χ4n) is 3.04. The van der Waals surface area contributed by atoms with E-state index in [9.17, 15) is 19.5 Å². The number of carbonyl (C=O) groups excluding carboxylic acids is 2. The number of hydrogen-bond donors (Lipinski definition) is 3. The molecular formula is C18H21N3O5S2. The summed E-state index contributed by atoms with van der Waals surface area (Å²) in [5, 5.41) is 12.8. The molecule has 0 bridgehead atoms. The molecule has 2 heterocycles. The first-order chi connectivity index (χ1) is 13.5. The molecule has 0 spiro atoms. The van der Waals surface area contributed by atoms with Crippen molar-refractivity contribution in [2.24, 2.45) is 0 Å². The van der Waals surface area contributed by atoms with Crippen LogP contribution in [0, 0.1) is 0 Å². The number of rotatable bonds is 6. The molecule has 0 fully saturated rings. The van der Waals surface area contributed by atoms with Crippen LogP contribution in [0.1, 0.15) is 47.0 Å². The molecular weight excluding hydrogens is 402 g/mol. The number of aromatic amines is 1. The Kier molecular flexibility index (Phi) is 6.74. The van der Waals surface area contributed by atoms with Crippen molar-refractivity contribution in [1.82, 2.24) is 9.97 Å². The normalized spacial score (nSPS) is 13.5. The molecule has 3 rings (SSSR count). The van der Waals surface area contributed by atoms with E-state index in [1.165, 1.54) is 11.3 Å². The van der Waals surface area contributed by atoms with Gasteiger partial charge in [0.2, 0.25) is 11.8 Å². The standard InChI is InChI=1S/C18H21N3O5S2/c1-2-26-17(25)15-10-6-4-3-5-7-11(10)28-16(15)19-14(24)9-27-18-20-12(22)8-13(23)21-18/h8H,2-7,9H2,1H3,(H,19,24)(H2,20,21,22,23). The zero-order valence-electron chi connectivity index (χ0n) is 15.4. The van der Waals surface area contributed by atoms with Gasteiger partial charge in [-0.3, -0.25) is 9.59 Å². The van der Waals surface area contributed by atoms with Crippen molar-refractivity contribution in [1.29, 1.82) is 0 Å². The number of nitrogens with one attached hydrogen (secondary N) is 2. The second kappa shape index (κ2) is 9.24. The highest BCUT2D eigenvalue weighted by Crippen LogP contribution is 2.38. The van der Waals surface area contributed by atoms with Crippen LogP contribution in [-0.2, 0) is 22.4 Å². The largest absolute Gasteiger partial charge is 0.493 e. The first-order valence-corrected chi connectivity index (χ1v) is 10.8. The lowest BCUT2D eigenvalue weighted by Gasteiger charge is -2.08. The second-order valence-corrected chi connectivity index (χ2v) is 8.30. The Morgan fingerprint density at radius 2 is 2.14 bits per heavy atom. The minimum Gasteiger partial charge on any atom is -0.493 e. The lowest BCUT2D eigenvalue weighted by Crippen LogP contribution is -2.17. The van der Waals surface area contributed by atoms with Gasteiger partial charge in [-0.1, -0.05) is 18.2 Å². The number of thiophene rings is 1. The number of aromatic nitrogens is 2. The van der Waals surface area contributed by atoms with E-state index in [1.807, 2.05) is 0 Å². The average molecular weight is 424 g/mol. The number of esters is 1. The maximum absolute atomic E-state index is 12.5. The molecule has 8 nitrogen and oxygen atoms in total. The molecule has 2 aromatic rings. The van der Waals surface area contributed by atoms with Crippen molar-refractivity contribution in [3.8, 4) is 5.88 Å². The molecule has 150 valence electrons. The second-order valence-electron chi connectivity index (χ2n) is 6.23. The van der Waals surface area contributed by atoms with Crippen LogP contribution in [0.5, 0.6) is 5.88 Å². The van der Waals surface area contributed by atoms with E-state index >= 15 is 0 Å². The van der Waals surface area contributed by atoms with E-state index in [-0.39, 0.29) is 23.4 Å². The number of carbonyl (C=O) groups is 2. The summed E-state index contributed by atoms with van der Waals surface area (Å²) in [7, 11) is 0. The fraction of sp³-hybridized carbons (Fsp3) is 0.444. The van der Waals surface area contributed by atoms with Crippen molar-refractivity contribution >= 4 is 40.0 Å². The highest BCUT2D eigenvalue weighted by atomic mass is 32.2. The number of anilines is 1. The summed E-state index contributed by atoms with van der Waals surface area (Å²) in [6.07, 6.45) is 4.90. The molecule has 0 saturated carbocycles. The zero-order valence-corrected chi connectivity index (χ0v) is 17.0. The molecule has 10 heteroatoms. The summed E-state index contributed by atoms with van der Waals surface area (Å²) in [5.41, 5.74) is 0.955. The molecule has 3 N–H and O–H groups in total. The Balaban J connectivity index is 1.76. The van der Waals surface area contributed by atoms with Crippen LogP contribution in [0.4, 0.5) is 5.00 Å². The molecule has 0 radical (unpaired) electrons. The summed E-state index contributed by atoms with van der Waals surface area (Å²) in [4.78, 5) is 43.6. The number of amides is 1. The molecule has 0 aliphatic heterocycles. The third-order valence-electron chi connectivity index (χ3n) is 4.20. The summed E-state index contributed by atoms with van der Waals surface area (Å²) >= 11 is 2.42. The van der Waals surface area contributed by atoms with E-state index in [0.717, 1.165) is 60.4 Å². The number of hydrogen-bond acceptors (Lipinski definition) is 8. The first kappa shape index (κ1) is 20.4. The Bertz CT molecular complexity index is 938. The molecule has 0 aromatic carbocycles. The van der Waals surface area contributed by atoms with Crippen LogP contribution in [0.25, 0.3) is 0 Å². The van der Waals surface area contributed by atoms with Gasteiger partial charge in [0.05, 0.1) is 24.0 Å². The maximum atomic E-state index is 12.5. The molecule has 2 aromatic heterocycles. The summed E-state index contributed by atoms with van der Waals surface area (Å²) < 4.78 is 5.20. The quantitative estimate of drug-likeness (QED) is 0.283. The predicted octanol–water partition coefficient (Wildman–Crippen LogP) is 2.71. The Hall–Kier alpha value is -2.33. The van der Waals surface area contributed by atoms with Gasteiger partial charge in [-0.05, 0) is 38.2 Å². The van der Waals surface area contributed by atoms with E-state index in [1.54, 1.807) is 6.92 Å². The highest BCUT2D eigenvalue weighted by Gasteiger charge is 2.26. The van der Waals surface area contributed by atoms with E-state index in [2.05, 4.69) is 15.3 Å². The van der Waals surface area contributed by atoms with Gasteiger partial charge in [0.1, 0.15) is 5.00 Å². The zero-order chi connectivity index (χ0) is 20.1. The van der Waals surface area contributed by atoms with Crippen LogP contribution in [-0.4, -0.2) is 39.3 Å². The van der Waals surface area contributed by atoms with E-state index < -0.39 is 17.4 Å². The third kappa shape index (κ3) is 4.93. The smallest absolute Gasteiger partial charge is 0.341 e. The minimum absolute atomic E-state index is 0.0305. The summed E-state index contributed by atoms with van der Waals surface area (Å²) in [5.74, 6) is -1.18. The Morgan fingerprint density at radius 1 is 1.36 bits per heavy atom. The number of thioether (sulfide) groups is 1. The molecule has 1 aliphatic carbocycles. The number of H-pyrrole nitrogens is 1. The lowest BCUT2D eigenvalue weighted by atomic mass is 10.1. The maximum Gasteiger partial charge on any atom is 0.341 e. The Labute approximate surface area is 169 Å². The van der Waals surface area contributed by atoms with Crippen LogP contribution < -0.4 is 10.9 Å². The Morgan fingerprint density at radius 3 is 2.89 bits per heavy atom. The van der Waals surface area contributed by atoms with Crippen molar-refractivity contribution in [3.05, 3.63) is 32.4 Å². The number of aromatic hydroxyl groups is 1. The monoisotopic (exact) mass is 423 g/mol. The summed E-state index contributed by atoms with van der Waals surface area (Å²) in [6, 6.07) is 0.953. The van der Waals surface area contributed by atoms with Crippen LogP contribution in [0.2, 0.25) is 0 Å². The number of nitrogens with zero attached hydrogens (tertiary/aromatic N) is 1. The highest BCUT2D eigenvalue weighted by molar-refractivity contribution is 7.99. The lowest BCUT2D eigenvalue weighted by molar-refractivity contribution is -0.113. The van der Waals surface area contributed by atoms with Crippen LogP contribution >= 0.6 is 23.1 Å². The number of aryl methyl sites for hydroxylation is 1. The molecule has 1 amide bonds. The number of fused-ring (bicyclic) bond motifs is 1. The van der Waals surface area contributed by atoms with Gasteiger partial charge in [-0.15, -0.1) is 11.3 Å². The van der Waals surface area contributed by atoms with Crippen molar-refractivity contribution in [3.63, 3.8) is 0 Å². The van der Waals surface area contributed by atoms with Gasteiger partial charge in [-0.25, -0.2) is 4.79 Å². The van der Waals surface area contributed by atoms with Crippen molar-refractivity contribution < 1.29 is 19.4 Å². The van der Waals surface area contributed by atoms with Gasteiger partial charge < -0.3 is 20.1 Å². The van der Waals surface area contributed by atoms with Crippen LogP contribution in [0.15, 0.2) is 16.0 Å². The average Bonchev–Trinajstić information content (AvgIpc) is 2.80. The molecule has 28 heavy (non-hydrogen) atoms. The summed E-state index contributed by atoms with van der Waals surface area (Å²) in [6.45, 7) is 2.02. The van der Waals surface area contributed by atoms with Crippen molar-refractivity contribution in [2.45, 2.75) is 44.2 Å².